The van der Waals surface area contributed by atoms with Gasteiger partial charge in [-0.3, -0.25) is 0 Å². The van der Waals surface area contributed by atoms with Gasteiger partial charge in [-0.2, -0.15) is 0 Å². The van der Waals surface area contributed by atoms with Crippen LogP contribution in [0.3, 0.4) is 0 Å². The average molecular weight is 216 g/mol. The van der Waals surface area contributed by atoms with Crippen molar-refractivity contribution in [2.45, 2.75) is 46.1 Å². The summed E-state index contributed by atoms with van der Waals surface area (Å²) in [7, 11) is 0. The topological polar surface area (TPSA) is 50.4 Å². The van der Waals surface area contributed by atoms with Crippen molar-refractivity contribution in [2.75, 3.05) is 19.8 Å². The molecule has 0 aromatic carbocycles. The van der Waals surface area contributed by atoms with Gasteiger partial charge in [0.15, 0.2) is 0 Å². The second-order valence-corrected chi connectivity index (χ2v) is 3.46. The van der Waals surface area contributed by atoms with Crippen molar-refractivity contribution in [1.29, 1.82) is 0 Å². The predicted molar refractivity (Wildman–Crippen MR) is 62.0 cm³/mol. The fraction of sp³-hybridized carbons (Fsp3) is 0.909. The van der Waals surface area contributed by atoms with Crippen molar-refractivity contribution in [3.05, 3.63) is 0 Å². The quantitative estimate of drug-likeness (QED) is 0.609. The lowest BCUT2D eigenvalue weighted by molar-refractivity contribution is 0.145. The Morgan fingerprint density at radius 1 is 1.27 bits per heavy atom. The molecule has 2 amide bonds. The monoisotopic (exact) mass is 216 g/mol. The summed E-state index contributed by atoms with van der Waals surface area (Å²) in [4.78, 5) is 11.3. The van der Waals surface area contributed by atoms with Crippen LogP contribution in [-0.2, 0) is 4.74 Å². The summed E-state index contributed by atoms with van der Waals surface area (Å²) in [5.41, 5.74) is 0. The van der Waals surface area contributed by atoms with Crippen LogP contribution in [0.25, 0.3) is 0 Å². The van der Waals surface area contributed by atoms with Crippen LogP contribution in [0.2, 0.25) is 0 Å². The second kappa shape index (κ2) is 9.77. The molecule has 0 radical (unpaired) electrons. The van der Waals surface area contributed by atoms with Crippen molar-refractivity contribution >= 4 is 6.03 Å². The highest BCUT2D eigenvalue weighted by molar-refractivity contribution is 5.74. The van der Waals surface area contributed by atoms with Gasteiger partial charge in [0, 0.05) is 25.8 Å². The zero-order valence-corrected chi connectivity index (χ0v) is 10.1. The summed E-state index contributed by atoms with van der Waals surface area (Å²) in [6.07, 6.45) is 2.82. The highest BCUT2D eigenvalue weighted by Gasteiger charge is 2.06. The van der Waals surface area contributed by atoms with Crippen molar-refractivity contribution < 1.29 is 9.53 Å². The van der Waals surface area contributed by atoms with Gasteiger partial charge in [0.05, 0.1) is 0 Å². The highest BCUT2D eigenvalue weighted by Crippen LogP contribution is 1.95. The number of hydrogen-bond donors (Lipinski definition) is 2. The van der Waals surface area contributed by atoms with Gasteiger partial charge in [-0.15, -0.1) is 0 Å². The first-order valence-corrected chi connectivity index (χ1v) is 5.86. The SMILES string of the molecule is CCOCCCNC(=O)NC(CC)CC. The molecule has 0 fully saturated rings. The van der Waals surface area contributed by atoms with Gasteiger partial charge in [0.2, 0.25) is 0 Å². The third kappa shape index (κ3) is 8.24. The normalized spacial score (nSPS) is 10.4. The average Bonchev–Trinajstić information content (AvgIpc) is 2.25. The summed E-state index contributed by atoms with van der Waals surface area (Å²) in [6.45, 7) is 8.23. The van der Waals surface area contributed by atoms with E-state index < -0.39 is 0 Å². The third-order valence-electron chi connectivity index (χ3n) is 2.28. The fourth-order valence-electron chi connectivity index (χ4n) is 1.25. The van der Waals surface area contributed by atoms with Crippen LogP contribution in [0, 0.1) is 0 Å². The highest BCUT2D eigenvalue weighted by atomic mass is 16.5. The molecule has 0 bridgehead atoms. The molecule has 4 heteroatoms. The Bertz CT molecular complexity index is 159. The van der Waals surface area contributed by atoms with Gasteiger partial charge in [0.1, 0.15) is 0 Å². The first-order valence-electron chi connectivity index (χ1n) is 5.86. The summed E-state index contributed by atoms with van der Waals surface area (Å²) in [5.74, 6) is 0. The van der Waals surface area contributed by atoms with Gasteiger partial charge in [-0.1, -0.05) is 13.8 Å². The molecule has 0 aliphatic rings. The molecular formula is C11H24N2O2. The Morgan fingerprint density at radius 2 is 1.93 bits per heavy atom. The molecule has 0 aromatic rings. The maximum atomic E-state index is 11.3. The molecular weight excluding hydrogens is 192 g/mol. The standard InChI is InChI=1S/C11H24N2O2/c1-4-10(5-2)13-11(14)12-8-7-9-15-6-3/h10H,4-9H2,1-3H3,(H2,12,13,14). The Labute approximate surface area is 92.8 Å². The number of urea groups is 1. The molecule has 4 nitrogen and oxygen atoms in total. The fourth-order valence-corrected chi connectivity index (χ4v) is 1.25. The van der Waals surface area contributed by atoms with Crippen LogP contribution in [0.15, 0.2) is 0 Å². The van der Waals surface area contributed by atoms with Gasteiger partial charge in [-0.05, 0) is 26.2 Å². The van der Waals surface area contributed by atoms with Gasteiger partial charge >= 0.3 is 6.03 Å². The Kier molecular flexibility index (Phi) is 9.27. The zero-order valence-electron chi connectivity index (χ0n) is 10.1. The van der Waals surface area contributed by atoms with E-state index in [4.69, 9.17) is 4.74 Å². The van der Waals surface area contributed by atoms with Crippen LogP contribution in [0.5, 0.6) is 0 Å². The molecule has 0 rings (SSSR count). The minimum atomic E-state index is -0.0693. The Balaban J connectivity index is 3.40. The first-order chi connectivity index (χ1) is 7.24. The van der Waals surface area contributed by atoms with E-state index in [-0.39, 0.29) is 12.1 Å². The van der Waals surface area contributed by atoms with Gasteiger partial charge in [-0.25, -0.2) is 4.79 Å². The third-order valence-corrected chi connectivity index (χ3v) is 2.28. The van der Waals surface area contributed by atoms with Crippen LogP contribution in [-0.4, -0.2) is 31.8 Å². The molecule has 0 heterocycles. The smallest absolute Gasteiger partial charge is 0.315 e. The molecule has 0 atom stereocenters. The summed E-state index contributed by atoms with van der Waals surface area (Å²) in [6, 6.07) is 0.220. The Morgan fingerprint density at radius 3 is 2.47 bits per heavy atom. The molecule has 2 N–H and O–H groups in total. The van der Waals surface area contributed by atoms with Crippen LogP contribution >= 0.6 is 0 Å². The maximum absolute atomic E-state index is 11.3. The van der Waals surface area contributed by atoms with Gasteiger partial charge in [0.25, 0.3) is 0 Å². The number of hydrogen-bond acceptors (Lipinski definition) is 2. The number of amides is 2. The molecule has 0 aliphatic heterocycles. The first kappa shape index (κ1) is 14.2. The lowest BCUT2D eigenvalue weighted by Crippen LogP contribution is -2.42. The van der Waals surface area contributed by atoms with E-state index in [0.717, 1.165) is 25.9 Å². The molecule has 0 aromatic heterocycles. The predicted octanol–water partition coefficient (Wildman–Crippen LogP) is 1.90. The van der Waals surface area contributed by atoms with Crippen LogP contribution < -0.4 is 10.6 Å². The number of carbonyl (C=O) groups is 1. The Hall–Kier alpha value is -0.770. The van der Waals surface area contributed by atoms with Crippen molar-refractivity contribution in [3.63, 3.8) is 0 Å². The molecule has 0 spiro atoms. The summed E-state index contributed by atoms with van der Waals surface area (Å²) in [5, 5.41) is 5.73. The largest absolute Gasteiger partial charge is 0.382 e. The lowest BCUT2D eigenvalue weighted by Gasteiger charge is -2.15. The molecule has 0 aliphatic carbocycles. The molecule has 15 heavy (non-hydrogen) atoms. The minimum absolute atomic E-state index is 0.0693. The van der Waals surface area contributed by atoms with Crippen molar-refractivity contribution in [3.8, 4) is 0 Å². The molecule has 0 saturated heterocycles. The maximum Gasteiger partial charge on any atom is 0.315 e. The molecule has 0 unspecified atom stereocenters. The number of ether oxygens (including phenoxy) is 1. The van der Waals surface area contributed by atoms with E-state index in [0.29, 0.717) is 13.2 Å². The van der Waals surface area contributed by atoms with E-state index in [9.17, 15) is 4.79 Å². The minimum Gasteiger partial charge on any atom is -0.382 e. The lowest BCUT2D eigenvalue weighted by atomic mass is 10.2. The summed E-state index contributed by atoms with van der Waals surface area (Å²) < 4.78 is 5.17. The van der Waals surface area contributed by atoms with Gasteiger partial charge < -0.3 is 15.4 Å². The van der Waals surface area contributed by atoms with Crippen molar-refractivity contribution in [2.24, 2.45) is 0 Å². The zero-order chi connectivity index (χ0) is 11.5. The molecule has 90 valence electrons. The number of carbonyl (C=O) groups excluding carboxylic acids is 1. The van der Waals surface area contributed by atoms with Crippen molar-refractivity contribution in [1.82, 2.24) is 10.6 Å². The number of rotatable bonds is 8. The van der Waals surface area contributed by atoms with E-state index >= 15 is 0 Å². The van der Waals surface area contributed by atoms with Crippen LogP contribution in [0.4, 0.5) is 4.79 Å². The van der Waals surface area contributed by atoms with E-state index in [1.807, 2.05) is 6.92 Å². The summed E-state index contributed by atoms with van der Waals surface area (Å²) >= 11 is 0. The molecule has 0 saturated carbocycles. The van der Waals surface area contributed by atoms with E-state index in [1.165, 1.54) is 0 Å². The van der Waals surface area contributed by atoms with E-state index in [1.54, 1.807) is 0 Å². The van der Waals surface area contributed by atoms with Crippen LogP contribution in [0.1, 0.15) is 40.0 Å². The number of nitrogens with one attached hydrogen (secondary N) is 2. The second-order valence-electron chi connectivity index (χ2n) is 3.46. The van der Waals surface area contributed by atoms with E-state index in [2.05, 4.69) is 24.5 Å².